The third kappa shape index (κ3) is 7.44. The summed E-state index contributed by atoms with van der Waals surface area (Å²) in [6.45, 7) is 2.30. The smallest absolute Gasteiger partial charge is 0.264 e. The minimum Gasteiger partial charge on any atom is -0.395 e. The summed E-state index contributed by atoms with van der Waals surface area (Å²) in [5.41, 5.74) is 1.79. The van der Waals surface area contributed by atoms with E-state index in [0.717, 1.165) is 5.56 Å². The fraction of sp³-hybridized carbons (Fsp3) is 0.351. The molecule has 15 heteroatoms. The number of aliphatic hydroxyl groups excluding tert-OH is 5. The Morgan fingerprint density at radius 1 is 1.04 bits per heavy atom. The van der Waals surface area contributed by atoms with Gasteiger partial charge in [0.15, 0.2) is 18.0 Å². The van der Waals surface area contributed by atoms with Gasteiger partial charge in [-0.05, 0) is 47.9 Å². The van der Waals surface area contributed by atoms with Gasteiger partial charge >= 0.3 is 0 Å². The molecule has 14 nitrogen and oxygen atoms in total. The number of hydrogen-bond donors (Lipinski definition) is 7. The quantitative estimate of drug-likeness (QED) is 0.103. The van der Waals surface area contributed by atoms with E-state index in [1.807, 2.05) is 48.7 Å². The largest absolute Gasteiger partial charge is 0.395 e. The number of benzene rings is 3. The predicted molar refractivity (Wildman–Crippen MR) is 192 cm³/mol. The molecule has 0 saturated carbocycles. The van der Waals surface area contributed by atoms with Crippen molar-refractivity contribution in [1.29, 1.82) is 0 Å². The lowest BCUT2D eigenvalue weighted by atomic mass is 9.83. The summed E-state index contributed by atoms with van der Waals surface area (Å²) in [6.07, 6.45) is -2.71. The monoisotopic (exact) mass is 777 g/mol. The number of nitrogens with one attached hydrogen (secondary N) is 1. The first-order valence-electron chi connectivity index (χ1n) is 16.8. The Bertz CT molecular complexity index is 1910. The molecule has 0 bridgehead atoms. The minimum atomic E-state index is -1.85. The second-order valence-corrected chi connectivity index (χ2v) is 13.9. The van der Waals surface area contributed by atoms with E-state index in [0.29, 0.717) is 45.6 Å². The summed E-state index contributed by atoms with van der Waals surface area (Å²) in [5.74, 6) is -2.21. The number of ether oxygens (including phenoxy) is 1. The van der Waals surface area contributed by atoms with Gasteiger partial charge in [-0.1, -0.05) is 82.7 Å². The van der Waals surface area contributed by atoms with Crippen molar-refractivity contribution < 1.29 is 45.0 Å². The molecule has 1 aromatic heterocycles. The van der Waals surface area contributed by atoms with Gasteiger partial charge in [-0.3, -0.25) is 14.3 Å². The summed E-state index contributed by atoms with van der Waals surface area (Å²) >= 11 is 3.47. The molecule has 1 fully saturated rings. The van der Waals surface area contributed by atoms with Gasteiger partial charge in [-0.15, -0.1) is 5.10 Å². The molecule has 6 rings (SSSR count). The average Bonchev–Trinajstić information content (AvgIpc) is 3.69. The molecule has 3 aromatic carbocycles. The highest BCUT2D eigenvalue weighted by molar-refractivity contribution is 9.10. The summed E-state index contributed by atoms with van der Waals surface area (Å²) < 4.78 is 7.39. The van der Waals surface area contributed by atoms with Gasteiger partial charge in [-0.2, -0.15) is 0 Å². The zero-order chi connectivity index (χ0) is 37.2. The van der Waals surface area contributed by atoms with Crippen molar-refractivity contribution in [2.45, 2.75) is 68.7 Å². The molecule has 7 N–H and O–H groups in total. The molecule has 52 heavy (non-hydrogen) atoms. The van der Waals surface area contributed by atoms with E-state index in [-0.39, 0.29) is 19.1 Å². The molecule has 2 aliphatic rings. The van der Waals surface area contributed by atoms with Gasteiger partial charge in [0, 0.05) is 34.4 Å². The van der Waals surface area contributed by atoms with Gasteiger partial charge in [0.25, 0.3) is 11.8 Å². The van der Waals surface area contributed by atoms with Gasteiger partial charge < -0.3 is 45.6 Å². The number of aryl methyl sites for hydroxylation is 1. The highest BCUT2D eigenvalue weighted by atomic mass is 79.9. The normalized spacial score (nSPS) is 25.7. The van der Waals surface area contributed by atoms with Crippen LogP contribution in [0.4, 0.5) is 11.4 Å². The summed E-state index contributed by atoms with van der Waals surface area (Å²) in [4.78, 5) is 28.3. The average molecular weight is 779 g/mol. The Morgan fingerprint density at radius 2 is 1.77 bits per heavy atom. The molecule has 1 saturated heterocycles. The zero-order valence-corrected chi connectivity index (χ0v) is 29.7. The molecule has 2 aliphatic heterocycles. The lowest BCUT2D eigenvalue weighted by molar-refractivity contribution is -0.274. The molecular formula is C37H40BrN5O9. The van der Waals surface area contributed by atoms with Crippen LogP contribution in [0.3, 0.4) is 0 Å². The van der Waals surface area contributed by atoms with Gasteiger partial charge in [0.1, 0.15) is 18.3 Å². The van der Waals surface area contributed by atoms with Gasteiger partial charge in [0.05, 0.1) is 30.5 Å². The van der Waals surface area contributed by atoms with Crippen molar-refractivity contribution >= 4 is 39.1 Å². The van der Waals surface area contributed by atoms with Crippen LogP contribution in [-0.4, -0.2) is 94.8 Å². The molecule has 8 atom stereocenters. The van der Waals surface area contributed by atoms with E-state index in [4.69, 9.17) is 4.74 Å². The molecule has 1 unspecified atom stereocenters. The summed E-state index contributed by atoms with van der Waals surface area (Å²) in [7, 11) is 0. The number of carbonyl (C=O) groups is 2. The van der Waals surface area contributed by atoms with Crippen LogP contribution < -0.4 is 10.2 Å². The number of amides is 2. The van der Waals surface area contributed by atoms with Crippen LogP contribution in [0.25, 0.3) is 0 Å². The van der Waals surface area contributed by atoms with E-state index in [9.17, 15) is 40.2 Å². The number of aromatic nitrogens is 3. The molecular weight excluding hydrogens is 738 g/mol. The Balaban J connectivity index is 1.10. The van der Waals surface area contributed by atoms with E-state index >= 15 is 0 Å². The predicted octanol–water partition coefficient (Wildman–Crippen LogP) is 1.92. The number of halogens is 1. The first-order chi connectivity index (χ1) is 24.9. The number of anilines is 2. The summed E-state index contributed by atoms with van der Waals surface area (Å²) in [6, 6.07) is 21.4. The molecule has 0 radical (unpaired) electrons. The van der Waals surface area contributed by atoms with Gasteiger partial charge in [0.2, 0.25) is 0 Å². The first kappa shape index (κ1) is 37.4. The summed E-state index contributed by atoms with van der Waals surface area (Å²) in [5, 5.41) is 72.6. The number of aliphatic hydroxyl groups is 6. The van der Waals surface area contributed by atoms with Crippen LogP contribution in [0.2, 0.25) is 0 Å². The Hall–Kier alpha value is -4.32. The molecule has 4 aromatic rings. The highest BCUT2D eigenvalue weighted by Gasteiger charge is 2.52. The van der Waals surface area contributed by atoms with E-state index in [1.54, 1.807) is 54.1 Å². The zero-order valence-electron chi connectivity index (χ0n) is 28.1. The van der Waals surface area contributed by atoms with Crippen LogP contribution in [0, 0.1) is 5.92 Å². The number of rotatable bonds is 12. The molecule has 274 valence electrons. The lowest BCUT2D eigenvalue weighted by Gasteiger charge is -2.37. The molecule has 3 heterocycles. The fourth-order valence-corrected chi connectivity index (χ4v) is 6.89. The van der Waals surface area contributed by atoms with Crippen LogP contribution in [-0.2, 0) is 33.0 Å². The minimum absolute atomic E-state index is 0.0984. The lowest BCUT2D eigenvalue weighted by Crippen LogP contribution is -2.60. The Kier molecular flexibility index (Phi) is 11.3. The van der Waals surface area contributed by atoms with Crippen LogP contribution in [0.5, 0.6) is 0 Å². The fourth-order valence-electron chi connectivity index (χ4n) is 6.53. The Morgan fingerprint density at radius 3 is 2.48 bits per heavy atom. The third-order valence-electron chi connectivity index (χ3n) is 9.55. The molecule has 2 amide bonds. The maximum Gasteiger partial charge on any atom is 0.264 e. The second kappa shape index (κ2) is 15.7. The Labute approximate surface area is 307 Å². The van der Waals surface area contributed by atoms with Crippen LogP contribution >= 0.6 is 15.9 Å². The first-order valence-corrected chi connectivity index (χ1v) is 17.6. The van der Waals surface area contributed by atoms with E-state index < -0.39 is 54.0 Å². The molecule has 0 spiro atoms. The van der Waals surface area contributed by atoms with Crippen molar-refractivity contribution in [3.8, 4) is 0 Å². The van der Waals surface area contributed by atoms with Gasteiger partial charge in [-0.25, -0.2) is 0 Å². The number of hydrogen-bond acceptors (Lipinski definition) is 11. The number of nitrogens with zero attached hydrogens (tertiary/aromatic N) is 4. The number of fused-ring (bicyclic) bond motifs is 1. The van der Waals surface area contributed by atoms with Crippen molar-refractivity contribution in [2.75, 3.05) is 16.8 Å². The van der Waals surface area contributed by atoms with Crippen molar-refractivity contribution in [2.24, 2.45) is 5.92 Å². The third-order valence-corrected chi connectivity index (χ3v) is 10.0. The van der Waals surface area contributed by atoms with E-state index in [1.165, 1.54) is 4.90 Å². The SMILES string of the molecule is C[C@@H](/C=C/CCn1cc(C(CO)c2ccccc2)nn1)[C@]1(O)C(=O)N(Cc2ccc(NC(=O)[C@H]3O[C@@H](O)[C@H](O)[C@@H](O)[C@@H]3O)cc2)c2ccc(Br)cc21. The standard InChI is InChI=1S/C37H40BrN5O9/c1-21(7-5-6-16-42-19-28(40-41-42)26(20-44)23-8-3-2-4-9-23)37(51)27-17-24(38)12-15-29(27)43(36(37)50)18-22-10-13-25(14-11-22)39-34(48)33-31(46)30(45)32(47)35(49)52-33/h2-5,7-15,17,19,21,26,30-33,35,44-47,49,51H,6,16,18,20H2,1H3,(H,39,48)/b7-5+/t21-,26?,30-,31-,32+,33-,35+,37+/m0/s1. The number of carbonyl (C=O) groups excluding carboxylic acids is 2. The number of allylic oxidation sites excluding steroid dienone is 1. The van der Waals surface area contributed by atoms with Crippen molar-refractivity contribution in [3.63, 3.8) is 0 Å². The van der Waals surface area contributed by atoms with E-state index in [2.05, 4.69) is 31.6 Å². The van der Waals surface area contributed by atoms with Crippen LogP contribution in [0.1, 0.15) is 41.6 Å². The van der Waals surface area contributed by atoms with Crippen LogP contribution in [0.15, 0.2) is 95.6 Å². The maximum atomic E-state index is 14.0. The highest BCUT2D eigenvalue weighted by Crippen LogP contribution is 2.46. The van der Waals surface area contributed by atoms with Crippen molar-refractivity contribution in [3.05, 3.63) is 118 Å². The van der Waals surface area contributed by atoms with Crippen molar-refractivity contribution in [1.82, 2.24) is 15.0 Å². The topological polar surface area (TPSA) is 211 Å². The second-order valence-electron chi connectivity index (χ2n) is 13.0. The molecule has 0 aliphatic carbocycles. The maximum absolute atomic E-state index is 14.0.